The van der Waals surface area contributed by atoms with Gasteiger partial charge in [-0.2, -0.15) is 5.26 Å². The van der Waals surface area contributed by atoms with Gasteiger partial charge in [0.15, 0.2) is 0 Å². The van der Waals surface area contributed by atoms with Crippen LogP contribution in [0, 0.1) is 17.1 Å². The highest BCUT2D eigenvalue weighted by molar-refractivity contribution is 5.51. The molecule has 0 bridgehead atoms. The number of hydrogen-bond acceptors (Lipinski definition) is 4. The maximum Gasteiger partial charge on any atom is 0.147 e. The zero-order chi connectivity index (χ0) is 13.4. The molecule has 0 amide bonds. The number of halogens is 1. The lowest BCUT2D eigenvalue weighted by Gasteiger charge is -2.24. The van der Waals surface area contributed by atoms with Crippen molar-refractivity contribution in [2.75, 3.05) is 45.4 Å². The average Bonchev–Trinajstić information content (AvgIpc) is 2.39. The lowest BCUT2D eigenvalue weighted by atomic mass is 10.2. The van der Waals surface area contributed by atoms with Gasteiger partial charge in [0.25, 0.3) is 0 Å². The normalized spacial score (nSPS) is 10.1. The summed E-state index contributed by atoms with van der Waals surface area (Å²) in [5, 5.41) is 8.70. The van der Waals surface area contributed by atoms with Crippen LogP contribution in [-0.2, 0) is 9.47 Å². The molecule has 18 heavy (non-hydrogen) atoms. The SMILES string of the molecule is COCCN(CCOC)c1ccc(C#N)cc1F. The minimum absolute atomic E-state index is 0.315. The summed E-state index contributed by atoms with van der Waals surface area (Å²) < 4.78 is 23.9. The summed E-state index contributed by atoms with van der Waals surface area (Å²) in [5.41, 5.74) is 0.776. The van der Waals surface area contributed by atoms with E-state index in [1.807, 2.05) is 11.0 Å². The summed E-state index contributed by atoms with van der Waals surface area (Å²) in [7, 11) is 3.20. The number of ether oxygens (including phenoxy) is 2. The number of nitriles is 1. The van der Waals surface area contributed by atoms with Crippen molar-refractivity contribution >= 4 is 5.69 Å². The van der Waals surface area contributed by atoms with Crippen molar-refractivity contribution in [2.24, 2.45) is 0 Å². The van der Waals surface area contributed by atoms with Crippen molar-refractivity contribution in [1.29, 1.82) is 5.26 Å². The Kier molecular flexibility index (Phi) is 6.12. The van der Waals surface area contributed by atoms with Gasteiger partial charge in [0.2, 0.25) is 0 Å². The molecular weight excluding hydrogens is 235 g/mol. The van der Waals surface area contributed by atoms with Crippen molar-refractivity contribution in [3.8, 4) is 6.07 Å². The first-order valence-electron chi connectivity index (χ1n) is 5.65. The first-order valence-corrected chi connectivity index (χ1v) is 5.65. The van der Waals surface area contributed by atoms with Crippen LogP contribution in [0.1, 0.15) is 5.56 Å². The molecule has 0 aliphatic rings. The van der Waals surface area contributed by atoms with Crippen LogP contribution in [0.5, 0.6) is 0 Å². The molecule has 98 valence electrons. The molecule has 0 unspecified atom stereocenters. The highest BCUT2D eigenvalue weighted by Gasteiger charge is 2.11. The largest absolute Gasteiger partial charge is 0.383 e. The Morgan fingerprint density at radius 2 is 1.83 bits per heavy atom. The van der Waals surface area contributed by atoms with Crippen molar-refractivity contribution < 1.29 is 13.9 Å². The molecular formula is C13H17FN2O2. The Morgan fingerprint density at radius 3 is 2.28 bits per heavy atom. The van der Waals surface area contributed by atoms with E-state index in [2.05, 4.69) is 0 Å². The van der Waals surface area contributed by atoms with Gasteiger partial charge in [-0.15, -0.1) is 0 Å². The number of methoxy groups -OCH3 is 2. The van der Waals surface area contributed by atoms with E-state index in [-0.39, 0.29) is 0 Å². The Hall–Kier alpha value is -1.64. The van der Waals surface area contributed by atoms with Gasteiger partial charge in [0.05, 0.1) is 30.5 Å². The number of rotatable bonds is 7. The second kappa shape index (κ2) is 7.64. The molecule has 5 heteroatoms. The zero-order valence-corrected chi connectivity index (χ0v) is 10.6. The highest BCUT2D eigenvalue weighted by atomic mass is 19.1. The summed E-state index contributed by atoms with van der Waals surface area (Å²) in [6.45, 7) is 2.15. The molecule has 0 N–H and O–H groups in total. The minimum Gasteiger partial charge on any atom is -0.383 e. The fourth-order valence-corrected chi connectivity index (χ4v) is 1.59. The van der Waals surface area contributed by atoms with Crippen LogP contribution < -0.4 is 4.90 Å². The van der Waals surface area contributed by atoms with Crippen molar-refractivity contribution in [3.05, 3.63) is 29.6 Å². The molecule has 0 aliphatic carbocycles. The van der Waals surface area contributed by atoms with Crippen LogP contribution in [0.4, 0.5) is 10.1 Å². The molecule has 1 aromatic rings. The number of anilines is 1. The van der Waals surface area contributed by atoms with Crippen molar-refractivity contribution in [1.82, 2.24) is 0 Å². The molecule has 4 nitrogen and oxygen atoms in total. The summed E-state index contributed by atoms with van der Waals surface area (Å²) in [6.07, 6.45) is 0. The minimum atomic E-state index is -0.402. The second-order valence-electron chi connectivity index (χ2n) is 3.75. The summed E-state index contributed by atoms with van der Waals surface area (Å²) in [6, 6.07) is 6.36. The first-order chi connectivity index (χ1) is 8.72. The maximum atomic E-state index is 13.9. The zero-order valence-electron chi connectivity index (χ0n) is 10.6. The van der Waals surface area contributed by atoms with E-state index in [9.17, 15) is 4.39 Å². The predicted octanol–water partition coefficient (Wildman–Crippen LogP) is 1.80. The number of benzene rings is 1. The van der Waals surface area contributed by atoms with Crippen LogP contribution in [0.3, 0.4) is 0 Å². The Labute approximate surface area is 107 Å². The quantitative estimate of drug-likeness (QED) is 0.742. The van der Waals surface area contributed by atoms with Crippen LogP contribution in [-0.4, -0.2) is 40.5 Å². The molecule has 0 saturated heterocycles. The lowest BCUT2D eigenvalue weighted by molar-refractivity contribution is 0.190. The molecule has 0 saturated carbocycles. The lowest BCUT2D eigenvalue weighted by Crippen LogP contribution is -2.31. The van der Waals surface area contributed by atoms with E-state index >= 15 is 0 Å². The molecule has 1 aromatic carbocycles. The summed E-state index contributed by atoms with van der Waals surface area (Å²) >= 11 is 0. The van der Waals surface area contributed by atoms with Gasteiger partial charge in [-0.3, -0.25) is 0 Å². The average molecular weight is 252 g/mol. The van der Waals surface area contributed by atoms with Gasteiger partial charge in [-0.1, -0.05) is 0 Å². The molecule has 0 radical (unpaired) electrons. The fraction of sp³-hybridized carbons (Fsp3) is 0.462. The van der Waals surface area contributed by atoms with Crippen molar-refractivity contribution in [3.63, 3.8) is 0 Å². The van der Waals surface area contributed by atoms with Gasteiger partial charge in [-0.05, 0) is 18.2 Å². The van der Waals surface area contributed by atoms with Crippen LogP contribution in [0.15, 0.2) is 18.2 Å². The van der Waals surface area contributed by atoms with Gasteiger partial charge in [-0.25, -0.2) is 4.39 Å². The molecule has 0 fully saturated rings. The maximum absolute atomic E-state index is 13.9. The van der Waals surface area contributed by atoms with E-state index in [1.54, 1.807) is 26.4 Å². The van der Waals surface area contributed by atoms with Gasteiger partial charge in [0, 0.05) is 27.3 Å². The predicted molar refractivity (Wildman–Crippen MR) is 67.1 cm³/mol. The van der Waals surface area contributed by atoms with Gasteiger partial charge < -0.3 is 14.4 Å². The number of hydrogen-bond donors (Lipinski definition) is 0. The van der Waals surface area contributed by atoms with Crippen LogP contribution >= 0.6 is 0 Å². The molecule has 0 atom stereocenters. The second-order valence-corrected chi connectivity index (χ2v) is 3.75. The van der Waals surface area contributed by atoms with E-state index in [1.165, 1.54) is 6.07 Å². The van der Waals surface area contributed by atoms with E-state index in [0.29, 0.717) is 37.6 Å². The first kappa shape index (κ1) is 14.4. The third kappa shape index (κ3) is 3.99. The molecule has 0 aliphatic heterocycles. The van der Waals surface area contributed by atoms with E-state index in [4.69, 9.17) is 14.7 Å². The topological polar surface area (TPSA) is 45.5 Å². The Balaban J connectivity index is 2.86. The summed E-state index contributed by atoms with van der Waals surface area (Å²) in [4.78, 5) is 1.84. The third-order valence-electron chi connectivity index (χ3n) is 2.55. The number of nitrogens with zero attached hydrogens (tertiary/aromatic N) is 2. The third-order valence-corrected chi connectivity index (χ3v) is 2.55. The van der Waals surface area contributed by atoms with Crippen LogP contribution in [0.25, 0.3) is 0 Å². The molecule has 0 aromatic heterocycles. The van der Waals surface area contributed by atoms with E-state index in [0.717, 1.165) is 0 Å². The van der Waals surface area contributed by atoms with E-state index < -0.39 is 5.82 Å². The fourth-order valence-electron chi connectivity index (χ4n) is 1.59. The van der Waals surface area contributed by atoms with Crippen LogP contribution in [0.2, 0.25) is 0 Å². The van der Waals surface area contributed by atoms with Crippen molar-refractivity contribution in [2.45, 2.75) is 0 Å². The molecule has 0 heterocycles. The Morgan fingerprint density at radius 1 is 1.22 bits per heavy atom. The molecule has 1 rings (SSSR count). The monoisotopic (exact) mass is 252 g/mol. The highest BCUT2D eigenvalue weighted by Crippen LogP contribution is 2.20. The summed E-state index contributed by atoms with van der Waals surface area (Å²) in [5.74, 6) is -0.402. The standard InChI is InChI=1S/C13H17FN2O2/c1-17-7-5-16(6-8-18-2)13-4-3-11(10-15)9-12(13)14/h3-4,9H,5-8H2,1-2H3. The van der Waals surface area contributed by atoms with Gasteiger partial charge >= 0.3 is 0 Å². The van der Waals surface area contributed by atoms with Gasteiger partial charge in [0.1, 0.15) is 5.82 Å². The molecule has 0 spiro atoms. The Bertz CT molecular complexity index is 410. The smallest absolute Gasteiger partial charge is 0.147 e.